The molecule has 1 aliphatic rings. The highest BCUT2D eigenvalue weighted by Gasteiger charge is 2.54. The molecule has 1 N–H and O–H groups in total. The largest absolute Gasteiger partial charge is 0.454 e. The van der Waals surface area contributed by atoms with Crippen molar-refractivity contribution in [3.63, 3.8) is 0 Å². The van der Waals surface area contributed by atoms with Crippen LogP contribution in [0.4, 0.5) is 18.9 Å². The summed E-state index contributed by atoms with van der Waals surface area (Å²) in [5, 5.41) is 2.86. The Morgan fingerprint density at radius 1 is 1.27 bits per heavy atom. The van der Waals surface area contributed by atoms with Gasteiger partial charge in [-0.2, -0.15) is 13.2 Å². The molecule has 8 heteroatoms. The predicted molar refractivity (Wildman–Crippen MR) is 92.3 cm³/mol. The maximum absolute atomic E-state index is 13.4. The van der Waals surface area contributed by atoms with Crippen molar-refractivity contribution >= 4 is 17.2 Å². The lowest BCUT2D eigenvalue weighted by Gasteiger charge is -2.42. The summed E-state index contributed by atoms with van der Waals surface area (Å²) in [4.78, 5) is 13.8. The van der Waals surface area contributed by atoms with Gasteiger partial charge in [0.05, 0.1) is 12.3 Å². The molecule has 1 atom stereocenters. The molecule has 0 aliphatic carbocycles. The second-order valence-corrected chi connectivity index (χ2v) is 6.14. The molecule has 144 valence electrons. The number of fused-ring (bicyclic) bond motifs is 1. The summed E-state index contributed by atoms with van der Waals surface area (Å²) in [7, 11) is 4.37. The van der Waals surface area contributed by atoms with Crippen LogP contribution < -0.4 is 5.32 Å². The number of nitrogens with one attached hydrogen (secondary N) is 1. The Kier molecular flexibility index (Phi) is 5.98. The fraction of sp³-hybridized carbons (Fsp3) is 0.500. The number of Topliss-reactive ketones (excluding diaryl/α,β-unsaturated/α-hetero) is 1. The van der Waals surface area contributed by atoms with Crippen molar-refractivity contribution in [3.05, 3.63) is 35.4 Å². The molecule has 1 aromatic rings. The van der Waals surface area contributed by atoms with E-state index in [1.165, 1.54) is 12.0 Å². The summed E-state index contributed by atoms with van der Waals surface area (Å²) >= 11 is 0. The third-order valence-corrected chi connectivity index (χ3v) is 4.07. The van der Waals surface area contributed by atoms with E-state index in [-0.39, 0.29) is 12.3 Å². The van der Waals surface area contributed by atoms with Gasteiger partial charge in [-0.3, -0.25) is 4.79 Å². The average molecular weight is 372 g/mol. The highest BCUT2D eigenvalue weighted by molar-refractivity contribution is 6.09. The quantitative estimate of drug-likeness (QED) is 0.585. The fourth-order valence-electron chi connectivity index (χ4n) is 2.87. The lowest BCUT2D eigenvalue weighted by molar-refractivity contribution is -0.194. The van der Waals surface area contributed by atoms with Gasteiger partial charge in [-0.1, -0.05) is 31.5 Å². The normalized spacial score (nSPS) is 19.8. The van der Waals surface area contributed by atoms with E-state index in [4.69, 9.17) is 9.47 Å². The van der Waals surface area contributed by atoms with Crippen LogP contribution >= 0.6 is 0 Å². The van der Waals surface area contributed by atoms with Crippen LogP contribution in [0.1, 0.15) is 25.3 Å². The van der Waals surface area contributed by atoms with E-state index in [2.05, 4.69) is 5.32 Å². The maximum atomic E-state index is 13.4. The second kappa shape index (κ2) is 7.67. The molecule has 0 radical (unpaired) electrons. The van der Waals surface area contributed by atoms with Gasteiger partial charge in [0.15, 0.2) is 0 Å². The van der Waals surface area contributed by atoms with Crippen LogP contribution in [0.25, 0.3) is 5.70 Å². The summed E-state index contributed by atoms with van der Waals surface area (Å²) in [6, 6.07) is 6.77. The van der Waals surface area contributed by atoms with Gasteiger partial charge in [-0.05, 0) is 12.5 Å². The minimum absolute atomic E-state index is 0.111. The van der Waals surface area contributed by atoms with E-state index < -0.39 is 23.4 Å². The number of hydrogen-bond donors (Lipinski definition) is 1. The third kappa shape index (κ3) is 3.71. The number of nitrogens with zero attached hydrogens (tertiary/aromatic N) is 1. The van der Waals surface area contributed by atoms with E-state index in [9.17, 15) is 18.0 Å². The summed E-state index contributed by atoms with van der Waals surface area (Å²) in [6.07, 6.45) is -3.68. The van der Waals surface area contributed by atoms with E-state index in [1.807, 2.05) is 6.92 Å². The topological polar surface area (TPSA) is 50.8 Å². The molecule has 0 spiro atoms. The summed E-state index contributed by atoms with van der Waals surface area (Å²) < 4.78 is 51.2. The van der Waals surface area contributed by atoms with Gasteiger partial charge < -0.3 is 19.7 Å². The molecule has 0 aromatic heterocycles. The van der Waals surface area contributed by atoms with Crippen LogP contribution in [0, 0.1) is 0 Å². The molecule has 1 aromatic carbocycles. The van der Waals surface area contributed by atoms with E-state index in [0.717, 1.165) is 6.42 Å². The van der Waals surface area contributed by atoms with Crippen LogP contribution in [-0.4, -0.2) is 50.6 Å². The molecule has 1 unspecified atom stereocenters. The monoisotopic (exact) mass is 372 g/mol. The minimum atomic E-state index is -5.07. The standard InChI is InChI=1S/C18H23F3N2O3/c1-5-6-11-26-18(25-4)14(16(24)17(19,20)21)15(23(2)3)12-9-7-8-10-13(12)22-18/h7-10,22H,5-6,11H2,1-4H3. The number of methoxy groups -OCH3 is 1. The highest BCUT2D eigenvalue weighted by Crippen LogP contribution is 2.43. The van der Waals surface area contributed by atoms with Gasteiger partial charge in [0.1, 0.15) is 5.57 Å². The number of halogens is 3. The average Bonchev–Trinajstić information content (AvgIpc) is 2.59. The number of anilines is 1. The Hall–Kier alpha value is -2.06. The molecule has 1 aliphatic heterocycles. The maximum Gasteiger partial charge on any atom is 0.454 e. The number of ketones is 1. The smallest absolute Gasteiger partial charge is 0.377 e. The van der Waals surface area contributed by atoms with Crippen molar-refractivity contribution in [2.24, 2.45) is 0 Å². The molecule has 0 amide bonds. The molecular weight excluding hydrogens is 349 g/mol. The zero-order valence-corrected chi connectivity index (χ0v) is 15.2. The van der Waals surface area contributed by atoms with E-state index in [0.29, 0.717) is 17.7 Å². The molecule has 2 rings (SSSR count). The van der Waals surface area contributed by atoms with Crippen molar-refractivity contribution in [2.75, 3.05) is 33.1 Å². The van der Waals surface area contributed by atoms with Crippen LogP contribution in [0.5, 0.6) is 0 Å². The molecule has 5 nitrogen and oxygen atoms in total. The first kappa shape index (κ1) is 20.3. The Balaban J connectivity index is 2.74. The van der Waals surface area contributed by atoms with Gasteiger partial charge in [0.2, 0.25) is 0 Å². The Morgan fingerprint density at radius 2 is 1.92 bits per heavy atom. The first-order valence-corrected chi connectivity index (χ1v) is 8.28. The van der Waals surface area contributed by atoms with E-state index in [1.54, 1.807) is 38.4 Å². The van der Waals surface area contributed by atoms with Crippen molar-refractivity contribution < 1.29 is 27.4 Å². The minimum Gasteiger partial charge on any atom is -0.377 e. The van der Waals surface area contributed by atoms with Crippen molar-refractivity contribution in [1.29, 1.82) is 0 Å². The summed E-state index contributed by atoms with van der Waals surface area (Å²) in [5.41, 5.74) is 0.498. The van der Waals surface area contributed by atoms with E-state index >= 15 is 0 Å². The lowest BCUT2D eigenvalue weighted by atomic mass is 9.93. The Labute approximate surface area is 150 Å². The Bertz CT molecular complexity index is 701. The van der Waals surface area contributed by atoms with Crippen LogP contribution in [0.3, 0.4) is 0 Å². The number of para-hydroxylation sites is 1. The van der Waals surface area contributed by atoms with Crippen molar-refractivity contribution in [1.82, 2.24) is 4.90 Å². The van der Waals surface area contributed by atoms with Crippen molar-refractivity contribution in [2.45, 2.75) is 31.9 Å². The number of hydrogen-bond acceptors (Lipinski definition) is 5. The highest BCUT2D eigenvalue weighted by atomic mass is 19.4. The molecule has 1 heterocycles. The van der Waals surface area contributed by atoms with Gasteiger partial charge in [-0.15, -0.1) is 0 Å². The predicted octanol–water partition coefficient (Wildman–Crippen LogP) is 3.63. The number of unbranched alkanes of at least 4 members (excludes halogenated alkanes) is 1. The summed E-state index contributed by atoms with van der Waals surface area (Å²) in [6.45, 7) is 2.06. The molecular formula is C18H23F3N2O3. The van der Waals surface area contributed by atoms with Gasteiger partial charge in [-0.25, -0.2) is 0 Å². The fourth-order valence-corrected chi connectivity index (χ4v) is 2.87. The first-order chi connectivity index (χ1) is 12.2. The zero-order chi connectivity index (χ0) is 19.5. The molecule has 0 saturated heterocycles. The molecule has 26 heavy (non-hydrogen) atoms. The van der Waals surface area contributed by atoms with Crippen LogP contribution in [-0.2, 0) is 14.3 Å². The number of carbonyl (C=O) groups is 1. The number of benzene rings is 1. The number of ether oxygens (including phenoxy) is 2. The van der Waals surface area contributed by atoms with Crippen molar-refractivity contribution in [3.8, 4) is 0 Å². The molecule has 0 saturated carbocycles. The van der Waals surface area contributed by atoms with Gasteiger partial charge in [0.25, 0.3) is 11.7 Å². The number of rotatable bonds is 7. The first-order valence-electron chi connectivity index (χ1n) is 8.28. The molecule has 0 bridgehead atoms. The summed E-state index contributed by atoms with van der Waals surface area (Å²) in [5.74, 6) is -4.02. The van der Waals surface area contributed by atoms with Gasteiger partial charge in [0, 0.05) is 32.5 Å². The SMILES string of the molecule is CCCCOC1(OC)Nc2ccccc2C(N(C)C)=C1C(=O)C(F)(F)F. The van der Waals surface area contributed by atoms with Crippen LogP contribution in [0.2, 0.25) is 0 Å². The molecule has 0 fully saturated rings. The number of alkyl halides is 3. The zero-order valence-electron chi connectivity index (χ0n) is 15.2. The Morgan fingerprint density at radius 3 is 2.46 bits per heavy atom. The van der Waals surface area contributed by atoms with Crippen LogP contribution in [0.15, 0.2) is 29.8 Å². The lowest BCUT2D eigenvalue weighted by Crippen LogP contribution is -2.53. The second-order valence-electron chi connectivity index (χ2n) is 6.14. The third-order valence-electron chi connectivity index (χ3n) is 4.07. The van der Waals surface area contributed by atoms with Gasteiger partial charge >= 0.3 is 6.18 Å². The number of carbonyl (C=O) groups excluding carboxylic acids is 1.